The van der Waals surface area contributed by atoms with Gasteiger partial charge in [-0.05, 0) is 60.0 Å². The van der Waals surface area contributed by atoms with E-state index >= 15 is 0 Å². The minimum Gasteiger partial charge on any atom is -0.486 e. The van der Waals surface area contributed by atoms with Crippen molar-refractivity contribution < 1.29 is 9.13 Å². The molecule has 0 spiro atoms. The number of hydrogen-bond donors (Lipinski definition) is 0. The molecular formula is C25H19BrCl2FN3O2. The summed E-state index contributed by atoms with van der Waals surface area (Å²) in [4.78, 5) is 17.7. The molecule has 0 amide bonds. The van der Waals surface area contributed by atoms with E-state index in [1.54, 1.807) is 36.4 Å². The lowest BCUT2D eigenvalue weighted by molar-refractivity contribution is 0.306. The van der Waals surface area contributed by atoms with Gasteiger partial charge in [0.15, 0.2) is 5.75 Å². The number of benzene rings is 3. The summed E-state index contributed by atoms with van der Waals surface area (Å²) in [6, 6.07) is 14.7. The minimum atomic E-state index is -0.349. The molecule has 34 heavy (non-hydrogen) atoms. The van der Waals surface area contributed by atoms with Crippen LogP contribution in [0.2, 0.25) is 10.0 Å². The molecule has 0 unspecified atom stereocenters. The highest BCUT2D eigenvalue weighted by Crippen LogP contribution is 2.34. The van der Waals surface area contributed by atoms with Crippen LogP contribution in [0, 0.1) is 5.82 Å². The molecule has 3 aromatic carbocycles. The number of fused-ring (bicyclic) bond motifs is 1. The van der Waals surface area contributed by atoms with Crippen molar-refractivity contribution in [2.24, 2.45) is 5.10 Å². The molecular weight excluding hydrogens is 544 g/mol. The number of aromatic nitrogens is 2. The molecule has 1 heterocycles. The molecule has 0 radical (unpaired) electrons. The molecule has 0 bridgehead atoms. The van der Waals surface area contributed by atoms with Gasteiger partial charge in [-0.3, -0.25) is 4.79 Å². The summed E-state index contributed by atoms with van der Waals surface area (Å²) < 4.78 is 21.2. The number of nitrogens with zero attached hydrogens (tertiary/aromatic N) is 3. The smallest absolute Gasteiger partial charge is 0.282 e. The Hall–Kier alpha value is -2.74. The summed E-state index contributed by atoms with van der Waals surface area (Å²) in [5, 5.41) is 5.39. The highest BCUT2D eigenvalue weighted by Gasteiger charge is 2.12. The van der Waals surface area contributed by atoms with Gasteiger partial charge in [0, 0.05) is 10.9 Å². The first-order valence-electron chi connectivity index (χ1n) is 10.5. The quantitative estimate of drug-likeness (QED) is 0.227. The van der Waals surface area contributed by atoms with Crippen molar-refractivity contribution in [3.63, 3.8) is 0 Å². The Morgan fingerprint density at radius 2 is 1.91 bits per heavy atom. The number of ether oxygens (including phenoxy) is 1. The Morgan fingerprint density at radius 3 is 2.62 bits per heavy atom. The molecule has 0 fully saturated rings. The van der Waals surface area contributed by atoms with Crippen LogP contribution in [0.3, 0.4) is 0 Å². The van der Waals surface area contributed by atoms with E-state index in [9.17, 15) is 9.18 Å². The van der Waals surface area contributed by atoms with E-state index in [0.717, 1.165) is 10.9 Å². The molecule has 174 valence electrons. The minimum absolute atomic E-state index is 0.110. The van der Waals surface area contributed by atoms with Crippen molar-refractivity contribution in [3.05, 3.63) is 102 Å². The van der Waals surface area contributed by atoms with E-state index in [2.05, 4.69) is 26.0 Å². The van der Waals surface area contributed by atoms with Gasteiger partial charge in [0.1, 0.15) is 18.2 Å². The second-order valence-electron chi connectivity index (χ2n) is 7.53. The summed E-state index contributed by atoms with van der Waals surface area (Å²) in [5.74, 6) is 0.495. The van der Waals surface area contributed by atoms with Gasteiger partial charge in [0.05, 0.1) is 27.2 Å². The van der Waals surface area contributed by atoms with E-state index in [1.165, 1.54) is 23.0 Å². The molecule has 0 saturated carbocycles. The van der Waals surface area contributed by atoms with Crippen molar-refractivity contribution in [2.45, 2.75) is 26.4 Å². The Morgan fingerprint density at radius 1 is 1.15 bits per heavy atom. The third kappa shape index (κ3) is 5.49. The van der Waals surface area contributed by atoms with Crippen LogP contribution in [0.15, 0.2) is 69.0 Å². The topological polar surface area (TPSA) is 56.5 Å². The lowest BCUT2D eigenvalue weighted by atomic mass is 10.2. The zero-order valence-electron chi connectivity index (χ0n) is 18.1. The fourth-order valence-corrected chi connectivity index (χ4v) is 4.37. The fourth-order valence-electron chi connectivity index (χ4n) is 3.40. The average Bonchev–Trinajstić information content (AvgIpc) is 2.79. The zero-order chi connectivity index (χ0) is 24.2. The number of hydrogen-bond acceptors (Lipinski definition) is 4. The zero-order valence-corrected chi connectivity index (χ0v) is 21.2. The molecule has 0 atom stereocenters. The van der Waals surface area contributed by atoms with Crippen LogP contribution in [-0.4, -0.2) is 15.9 Å². The average molecular weight is 563 g/mol. The lowest BCUT2D eigenvalue weighted by Gasteiger charge is -2.11. The molecule has 5 nitrogen and oxygen atoms in total. The van der Waals surface area contributed by atoms with Gasteiger partial charge in [-0.1, -0.05) is 58.2 Å². The predicted octanol–water partition coefficient (Wildman–Crippen LogP) is 7.02. The molecule has 4 rings (SSSR count). The van der Waals surface area contributed by atoms with Gasteiger partial charge < -0.3 is 4.74 Å². The first kappa shape index (κ1) is 24.4. The van der Waals surface area contributed by atoms with E-state index < -0.39 is 0 Å². The number of rotatable bonds is 7. The normalized spacial score (nSPS) is 11.4. The van der Waals surface area contributed by atoms with Crippen LogP contribution >= 0.6 is 39.1 Å². The maximum Gasteiger partial charge on any atom is 0.282 e. The van der Waals surface area contributed by atoms with E-state index in [4.69, 9.17) is 27.9 Å². The molecule has 9 heteroatoms. The van der Waals surface area contributed by atoms with E-state index in [0.29, 0.717) is 34.3 Å². The largest absolute Gasteiger partial charge is 0.486 e. The summed E-state index contributed by atoms with van der Waals surface area (Å²) in [7, 11) is 0. The molecule has 1 aromatic heterocycles. The van der Waals surface area contributed by atoms with Crippen LogP contribution in [-0.2, 0) is 13.0 Å². The standard InChI is InChI=1S/C25H19BrCl2FN3O2/c1-2-4-23-31-22-8-7-17(26)12-19(22)25(33)32(23)30-13-16-10-20(27)24(21(28)11-16)34-14-15-5-3-6-18(29)9-15/h3,5-13H,2,4,14H2,1H3. The summed E-state index contributed by atoms with van der Waals surface area (Å²) in [5.41, 5.74) is 1.58. The lowest BCUT2D eigenvalue weighted by Crippen LogP contribution is -2.22. The maximum absolute atomic E-state index is 13.4. The predicted molar refractivity (Wildman–Crippen MR) is 138 cm³/mol. The van der Waals surface area contributed by atoms with Crippen molar-refractivity contribution >= 4 is 56.2 Å². The van der Waals surface area contributed by atoms with Crippen LogP contribution in [0.25, 0.3) is 10.9 Å². The summed E-state index contributed by atoms with van der Waals surface area (Å²) >= 11 is 16.2. The van der Waals surface area contributed by atoms with E-state index in [1.807, 2.05) is 13.0 Å². The first-order chi connectivity index (χ1) is 16.4. The van der Waals surface area contributed by atoms with Gasteiger partial charge in [0.25, 0.3) is 5.56 Å². The maximum atomic E-state index is 13.4. The van der Waals surface area contributed by atoms with Crippen molar-refractivity contribution in [3.8, 4) is 5.75 Å². The monoisotopic (exact) mass is 561 g/mol. The number of halogens is 4. The molecule has 0 aliphatic rings. The summed E-state index contributed by atoms with van der Waals surface area (Å²) in [6.07, 6.45) is 2.89. The SMILES string of the molecule is CCCc1nc2ccc(Br)cc2c(=O)n1N=Cc1cc(Cl)c(OCc2cccc(F)c2)c(Cl)c1. The highest BCUT2D eigenvalue weighted by molar-refractivity contribution is 9.10. The van der Waals surface area contributed by atoms with Crippen LogP contribution in [0.5, 0.6) is 5.75 Å². The molecule has 0 saturated heterocycles. The van der Waals surface area contributed by atoms with E-state index in [-0.39, 0.29) is 33.8 Å². The van der Waals surface area contributed by atoms with Crippen LogP contribution < -0.4 is 10.3 Å². The fraction of sp³-hybridized carbons (Fsp3) is 0.160. The van der Waals surface area contributed by atoms with Crippen LogP contribution in [0.1, 0.15) is 30.3 Å². The van der Waals surface area contributed by atoms with Crippen molar-refractivity contribution in [2.75, 3.05) is 0 Å². The molecule has 0 aliphatic heterocycles. The Kier molecular flexibility index (Phi) is 7.66. The third-order valence-electron chi connectivity index (χ3n) is 4.96. The Labute approximate surface area is 213 Å². The molecule has 0 aliphatic carbocycles. The van der Waals surface area contributed by atoms with Crippen LogP contribution in [0.4, 0.5) is 4.39 Å². The third-order valence-corrected chi connectivity index (χ3v) is 6.02. The Balaban J connectivity index is 1.64. The van der Waals surface area contributed by atoms with Gasteiger partial charge in [-0.25, -0.2) is 9.37 Å². The van der Waals surface area contributed by atoms with Crippen molar-refractivity contribution in [1.29, 1.82) is 0 Å². The molecule has 0 N–H and O–H groups in total. The van der Waals surface area contributed by atoms with Gasteiger partial charge in [-0.15, -0.1) is 0 Å². The second kappa shape index (κ2) is 10.7. The second-order valence-corrected chi connectivity index (χ2v) is 9.26. The number of aryl methyl sites for hydroxylation is 1. The van der Waals surface area contributed by atoms with Gasteiger partial charge >= 0.3 is 0 Å². The van der Waals surface area contributed by atoms with Crippen molar-refractivity contribution in [1.82, 2.24) is 9.66 Å². The first-order valence-corrected chi connectivity index (χ1v) is 12.0. The molecule has 4 aromatic rings. The Bertz CT molecular complexity index is 1430. The summed E-state index contributed by atoms with van der Waals surface area (Å²) in [6.45, 7) is 2.12. The van der Waals surface area contributed by atoms with Gasteiger partial charge in [-0.2, -0.15) is 9.78 Å². The highest BCUT2D eigenvalue weighted by atomic mass is 79.9. The van der Waals surface area contributed by atoms with Gasteiger partial charge in [0.2, 0.25) is 0 Å².